The van der Waals surface area contributed by atoms with Crippen LogP contribution in [0.25, 0.3) is 0 Å². The average molecular weight is 362 g/mol. The highest BCUT2D eigenvalue weighted by Crippen LogP contribution is 2.31. The fraction of sp³-hybridized carbons (Fsp3) is 0.278. The predicted octanol–water partition coefficient (Wildman–Crippen LogP) is 3.44. The highest BCUT2D eigenvalue weighted by atomic mass is 35.5. The van der Waals surface area contributed by atoms with E-state index in [1.807, 2.05) is 20.8 Å². The van der Waals surface area contributed by atoms with Crippen molar-refractivity contribution in [3.05, 3.63) is 52.3 Å². The number of amides is 2. The number of ether oxygens (including phenoxy) is 1. The molecule has 2 N–H and O–H groups in total. The summed E-state index contributed by atoms with van der Waals surface area (Å²) in [5, 5.41) is 6.05. The van der Waals surface area contributed by atoms with E-state index in [9.17, 15) is 9.59 Å². The minimum atomic E-state index is -0.445. The van der Waals surface area contributed by atoms with Crippen LogP contribution in [0.1, 0.15) is 40.3 Å². The van der Waals surface area contributed by atoms with Gasteiger partial charge in [-0.25, -0.2) is 0 Å². The van der Waals surface area contributed by atoms with E-state index in [4.69, 9.17) is 16.3 Å². The number of pyridine rings is 1. The number of hydrogen-bond acceptors (Lipinski definition) is 4. The van der Waals surface area contributed by atoms with Crippen molar-refractivity contribution in [2.45, 2.75) is 26.8 Å². The number of hydrogen-bond donors (Lipinski definition) is 2. The predicted molar refractivity (Wildman–Crippen MR) is 97.5 cm³/mol. The smallest absolute Gasteiger partial charge is 0.274 e. The molecule has 0 saturated heterocycles. The van der Waals surface area contributed by atoms with Crippen LogP contribution in [-0.4, -0.2) is 29.9 Å². The summed E-state index contributed by atoms with van der Waals surface area (Å²) < 4.78 is 5.24. The van der Waals surface area contributed by atoms with Gasteiger partial charge in [0.15, 0.2) is 0 Å². The van der Waals surface area contributed by atoms with Crippen molar-refractivity contribution in [1.82, 2.24) is 10.3 Å². The second-order valence-electron chi connectivity index (χ2n) is 5.81. The molecule has 0 fully saturated rings. The SMILES string of the molecule is COc1cc(Cl)c(C)cc1NC(=O)c1cc(C(=O)NC(C)C)ccn1. The third-order valence-electron chi connectivity index (χ3n) is 3.40. The summed E-state index contributed by atoms with van der Waals surface area (Å²) in [6.45, 7) is 5.55. The number of benzene rings is 1. The summed E-state index contributed by atoms with van der Waals surface area (Å²) >= 11 is 6.07. The number of aryl methyl sites for hydroxylation is 1. The van der Waals surface area contributed by atoms with Gasteiger partial charge in [0, 0.05) is 28.9 Å². The zero-order valence-corrected chi connectivity index (χ0v) is 15.3. The summed E-state index contributed by atoms with van der Waals surface area (Å²) in [6, 6.07) is 6.35. The van der Waals surface area contributed by atoms with E-state index in [0.29, 0.717) is 22.0 Å². The van der Waals surface area contributed by atoms with Crippen molar-refractivity contribution in [1.29, 1.82) is 0 Å². The van der Waals surface area contributed by atoms with Crippen LogP contribution in [0.15, 0.2) is 30.5 Å². The molecule has 0 aliphatic carbocycles. The van der Waals surface area contributed by atoms with Crippen LogP contribution in [0.3, 0.4) is 0 Å². The molecular weight excluding hydrogens is 342 g/mol. The molecule has 0 aliphatic heterocycles. The number of rotatable bonds is 5. The Bertz CT molecular complexity index is 806. The van der Waals surface area contributed by atoms with Crippen LogP contribution in [0.4, 0.5) is 5.69 Å². The lowest BCUT2D eigenvalue weighted by atomic mass is 10.1. The fourth-order valence-corrected chi connectivity index (χ4v) is 2.31. The first kappa shape index (κ1) is 18.7. The van der Waals surface area contributed by atoms with Gasteiger partial charge in [0.25, 0.3) is 11.8 Å². The van der Waals surface area contributed by atoms with E-state index in [2.05, 4.69) is 15.6 Å². The van der Waals surface area contributed by atoms with Gasteiger partial charge in [0.1, 0.15) is 11.4 Å². The normalized spacial score (nSPS) is 10.5. The van der Waals surface area contributed by atoms with Gasteiger partial charge in [-0.1, -0.05) is 11.6 Å². The minimum absolute atomic E-state index is 0.000699. The average Bonchev–Trinajstić information content (AvgIpc) is 2.57. The van der Waals surface area contributed by atoms with Crippen molar-refractivity contribution < 1.29 is 14.3 Å². The molecule has 1 aromatic heterocycles. The van der Waals surface area contributed by atoms with Gasteiger partial charge in [-0.15, -0.1) is 0 Å². The van der Waals surface area contributed by atoms with Gasteiger partial charge in [0.05, 0.1) is 12.8 Å². The first-order chi connectivity index (χ1) is 11.8. The van der Waals surface area contributed by atoms with Crippen molar-refractivity contribution in [2.24, 2.45) is 0 Å². The maximum atomic E-state index is 12.5. The van der Waals surface area contributed by atoms with E-state index < -0.39 is 5.91 Å². The Morgan fingerprint density at radius 2 is 1.92 bits per heavy atom. The summed E-state index contributed by atoms with van der Waals surface area (Å²) in [5.74, 6) is -0.261. The van der Waals surface area contributed by atoms with E-state index in [1.54, 1.807) is 18.2 Å². The molecule has 0 atom stereocenters. The number of carbonyl (C=O) groups is 2. The number of aromatic nitrogens is 1. The lowest BCUT2D eigenvalue weighted by Gasteiger charge is -2.12. The Balaban J connectivity index is 2.25. The van der Waals surface area contributed by atoms with Crippen molar-refractivity contribution in [3.63, 3.8) is 0 Å². The minimum Gasteiger partial charge on any atom is -0.495 e. The van der Waals surface area contributed by atoms with Crippen LogP contribution in [0.2, 0.25) is 5.02 Å². The second kappa shape index (κ2) is 7.98. The number of carbonyl (C=O) groups excluding carboxylic acids is 2. The second-order valence-corrected chi connectivity index (χ2v) is 6.22. The number of halogens is 1. The van der Waals surface area contributed by atoms with Gasteiger partial charge in [-0.05, 0) is 44.5 Å². The molecule has 132 valence electrons. The molecule has 0 aliphatic rings. The van der Waals surface area contributed by atoms with Crippen LogP contribution >= 0.6 is 11.6 Å². The van der Waals surface area contributed by atoms with Crippen LogP contribution in [0.5, 0.6) is 5.75 Å². The molecule has 2 amide bonds. The number of methoxy groups -OCH3 is 1. The molecule has 2 aromatic rings. The molecule has 7 heteroatoms. The van der Waals surface area contributed by atoms with Crippen molar-refractivity contribution in [2.75, 3.05) is 12.4 Å². The summed E-state index contributed by atoms with van der Waals surface area (Å²) in [6.07, 6.45) is 1.43. The fourth-order valence-electron chi connectivity index (χ4n) is 2.16. The highest BCUT2D eigenvalue weighted by Gasteiger charge is 2.15. The third-order valence-corrected chi connectivity index (χ3v) is 3.81. The Morgan fingerprint density at radius 1 is 1.20 bits per heavy atom. The monoisotopic (exact) mass is 361 g/mol. The standard InChI is InChI=1S/C18H20ClN3O3/c1-10(2)21-17(23)12-5-6-20-15(8-12)18(24)22-14-7-11(3)13(19)9-16(14)25-4/h5-10H,1-4H3,(H,21,23)(H,22,24). The lowest BCUT2D eigenvalue weighted by Crippen LogP contribution is -2.30. The van der Waals surface area contributed by atoms with Crippen molar-refractivity contribution >= 4 is 29.1 Å². The topological polar surface area (TPSA) is 80.3 Å². The van der Waals surface area contributed by atoms with Crippen LogP contribution in [-0.2, 0) is 0 Å². The first-order valence-electron chi connectivity index (χ1n) is 7.74. The Hall–Kier alpha value is -2.60. The van der Waals surface area contributed by atoms with Crippen LogP contribution < -0.4 is 15.4 Å². The first-order valence-corrected chi connectivity index (χ1v) is 8.12. The zero-order valence-electron chi connectivity index (χ0n) is 14.5. The van der Waals surface area contributed by atoms with Gasteiger partial charge in [0.2, 0.25) is 0 Å². The molecule has 6 nitrogen and oxygen atoms in total. The molecular formula is C18H20ClN3O3. The van der Waals surface area contributed by atoms with E-state index in [0.717, 1.165) is 5.56 Å². The molecule has 2 rings (SSSR count). The van der Waals surface area contributed by atoms with E-state index in [1.165, 1.54) is 19.4 Å². The molecule has 0 bridgehead atoms. The summed E-state index contributed by atoms with van der Waals surface area (Å²) in [7, 11) is 1.49. The molecule has 0 radical (unpaired) electrons. The van der Waals surface area contributed by atoms with E-state index >= 15 is 0 Å². The van der Waals surface area contributed by atoms with Gasteiger partial charge in [-0.3, -0.25) is 14.6 Å². The Labute approximate surface area is 151 Å². The van der Waals surface area contributed by atoms with Gasteiger partial charge >= 0.3 is 0 Å². The van der Waals surface area contributed by atoms with Gasteiger partial charge in [-0.2, -0.15) is 0 Å². The highest BCUT2D eigenvalue weighted by molar-refractivity contribution is 6.31. The quantitative estimate of drug-likeness (QED) is 0.854. The largest absolute Gasteiger partial charge is 0.495 e. The molecule has 1 aromatic carbocycles. The number of nitrogens with zero attached hydrogens (tertiary/aromatic N) is 1. The van der Waals surface area contributed by atoms with Crippen molar-refractivity contribution in [3.8, 4) is 5.75 Å². The van der Waals surface area contributed by atoms with Gasteiger partial charge < -0.3 is 15.4 Å². The molecule has 1 heterocycles. The Kier molecular flexibility index (Phi) is 5.98. The van der Waals surface area contributed by atoms with Crippen LogP contribution in [0, 0.1) is 6.92 Å². The van der Waals surface area contributed by atoms with E-state index in [-0.39, 0.29) is 17.6 Å². The zero-order chi connectivity index (χ0) is 18.6. The Morgan fingerprint density at radius 3 is 2.56 bits per heavy atom. The lowest BCUT2D eigenvalue weighted by molar-refractivity contribution is 0.0943. The molecule has 0 spiro atoms. The molecule has 0 saturated carbocycles. The summed E-state index contributed by atoms with van der Waals surface area (Å²) in [4.78, 5) is 28.6. The molecule has 0 unspecified atom stereocenters. The maximum absolute atomic E-state index is 12.5. The summed E-state index contributed by atoms with van der Waals surface area (Å²) in [5.41, 5.74) is 1.78. The number of anilines is 1. The number of nitrogens with one attached hydrogen (secondary N) is 2. The molecule has 25 heavy (non-hydrogen) atoms. The maximum Gasteiger partial charge on any atom is 0.274 e. The third kappa shape index (κ3) is 4.70.